The van der Waals surface area contributed by atoms with Gasteiger partial charge in [0, 0.05) is 42.7 Å². The van der Waals surface area contributed by atoms with Gasteiger partial charge in [0.25, 0.3) is 0 Å². The third-order valence-electron chi connectivity index (χ3n) is 5.46. The summed E-state index contributed by atoms with van der Waals surface area (Å²) in [5.41, 5.74) is 2.08. The number of aliphatic hydroxyl groups is 1. The van der Waals surface area contributed by atoms with Crippen LogP contribution in [0.3, 0.4) is 0 Å². The first kappa shape index (κ1) is 20.9. The average Bonchev–Trinajstić information content (AvgIpc) is 2.75. The lowest BCUT2D eigenvalue weighted by Crippen LogP contribution is -2.50. The number of β-amino-alcohol motifs (C(OH)–C–C–N with tert-alkyl or cyclic N) is 1. The van der Waals surface area contributed by atoms with E-state index < -0.39 is 11.8 Å². The number of carbonyl (C=O) groups excluding carboxylic acids is 1. The second kappa shape index (κ2) is 8.79. The summed E-state index contributed by atoms with van der Waals surface area (Å²) in [6, 6.07) is 13.2. The maximum absolute atomic E-state index is 14.0. The molecule has 1 fully saturated rings. The second-order valence-electron chi connectivity index (χ2n) is 7.46. The normalized spacial score (nSPS) is 14.9. The topological polar surface area (TPSA) is 94.0 Å². The number of aromatic nitrogens is 1. The molecular weight excluding hydrogens is 401 g/mol. The molecule has 1 aromatic heterocycles. The van der Waals surface area contributed by atoms with Gasteiger partial charge in [-0.05, 0) is 18.2 Å². The van der Waals surface area contributed by atoms with Crippen molar-refractivity contribution < 1.29 is 24.2 Å². The Morgan fingerprint density at radius 1 is 1.13 bits per heavy atom. The van der Waals surface area contributed by atoms with Crippen LogP contribution in [0, 0.1) is 5.82 Å². The molecule has 1 amide bonds. The minimum Gasteiger partial charge on any atom is -0.478 e. The molecule has 8 heteroatoms. The number of fused-ring (bicyclic) bond motifs is 1. The molecule has 0 aliphatic carbocycles. The Labute approximate surface area is 178 Å². The van der Waals surface area contributed by atoms with Crippen LogP contribution in [0.25, 0.3) is 22.2 Å². The quantitative estimate of drug-likeness (QED) is 0.632. The lowest BCUT2D eigenvalue weighted by Gasteiger charge is -2.34. The molecule has 0 bridgehead atoms. The Kier molecular flexibility index (Phi) is 5.92. The highest BCUT2D eigenvalue weighted by molar-refractivity contribution is 6.05. The predicted octanol–water partition coefficient (Wildman–Crippen LogP) is 2.38. The number of benzene rings is 2. The van der Waals surface area contributed by atoms with Crippen LogP contribution in [0.5, 0.6) is 0 Å². The SMILES string of the molecule is O=C(O)c1c(CN2CCN(CCO)C(=O)C2)c(-c2ccccc2)nc2ccc(F)cc12. The van der Waals surface area contributed by atoms with Crippen LogP contribution in [0.1, 0.15) is 15.9 Å². The van der Waals surface area contributed by atoms with Crippen LogP contribution >= 0.6 is 0 Å². The Morgan fingerprint density at radius 2 is 1.90 bits per heavy atom. The molecule has 0 spiro atoms. The molecule has 2 N–H and O–H groups in total. The zero-order valence-electron chi connectivity index (χ0n) is 16.8. The molecule has 7 nitrogen and oxygen atoms in total. The maximum atomic E-state index is 14.0. The smallest absolute Gasteiger partial charge is 0.336 e. The van der Waals surface area contributed by atoms with Crippen molar-refractivity contribution in [2.24, 2.45) is 0 Å². The van der Waals surface area contributed by atoms with E-state index in [2.05, 4.69) is 4.98 Å². The standard InChI is InChI=1S/C23H22FN3O4/c24-16-6-7-19-17(12-16)21(23(30)31)18(22(25-19)15-4-2-1-3-5-15)13-26-8-9-27(10-11-28)20(29)14-26/h1-7,12,28H,8-11,13-14H2,(H,30,31). The summed E-state index contributed by atoms with van der Waals surface area (Å²) in [5, 5.41) is 19.4. The first-order valence-electron chi connectivity index (χ1n) is 9.99. The summed E-state index contributed by atoms with van der Waals surface area (Å²) in [4.78, 5) is 32.8. The number of halogens is 1. The molecule has 0 unspecified atom stereocenters. The van der Waals surface area contributed by atoms with Crippen LogP contribution in [0.15, 0.2) is 48.5 Å². The lowest BCUT2D eigenvalue weighted by atomic mass is 9.96. The number of hydrogen-bond acceptors (Lipinski definition) is 5. The van der Waals surface area contributed by atoms with E-state index in [0.29, 0.717) is 29.9 Å². The number of hydrogen-bond donors (Lipinski definition) is 2. The van der Waals surface area contributed by atoms with Crippen LogP contribution in [-0.2, 0) is 11.3 Å². The number of carbonyl (C=O) groups is 2. The van der Waals surface area contributed by atoms with E-state index in [1.54, 1.807) is 4.90 Å². The van der Waals surface area contributed by atoms with E-state index in [-0.39, 0.29) is 43.1 Å². The minimum atomic E-state index is -1.17. The first-order chi connectivity index (χ1) is 15.0. The highest BCUT2D eigenvalue weighted by Crippen LogP contribution is 2.32. The Morgan fingerprint density at radius 3 is 2.58 bits per heavy atom. The van der Waals surface area contributed by atoms with E-state index in [9.17, 15) is 19.1 Å². The van der Waals surface area contributed by atoms with Crippen LogP contribution < -0.4 is 0 Å². The maximum Gasteiger partial charge on any atom is 0.336 e. The third-order valence-corrected chi connectivity index (χ3v) is 5.46. The van der Waals surface area contributed by atoms with Crippen molar-refractivity contribution >= 4 is 22.8 Å². The summed E-state index contributed by atoms with van der Waals surface area (Å²) in [6.07, 6.45) is 0. The van der Waals surface area contributed by atoms with Gasteiger partial charge < -0.3 is 15.1 Å². The van der Waals surface area contributed by atoms with Crippen molar-refractivity contribution in [1.82, 2.24) is 14.8 Å². The van der Waals surface area contributed by atoms with Gasteiger partial charge in [-0.1, -0.05) is 30.3 Å². The number of rotatable bonds is 6. The molecule has 0 radical (unpaired) electrons. The average molecular weight is 423 g/mol. The van der Waals surface area contributed by atoms with Gasteiger partial charge in [0.2, 0.25) is 5.91 Å². The Hall–Kier alpha value is -3.36. The van der Waals surface area contributed by atoms with Gasteiger partial charge in [0.15, 0.2) is 0 Å². The molecule has 2 heterocycles. The molecule has 1 saturated heterocycles. The molecule has 0 atom stereocenters. The van der Waals surface area contributed by atoms with E-state index >= 15 is 0 Å². The summed E-state index contributed by atoms with van der Waals surface area (Å²) in [5.74, 6) is -1.84. The zero-order valence-corrected chi connectivity index (χ0v) is 16.8. The van der Waals surface area contributed by atoms with E-state index in [1.807, 2.05) is 35.2 Å². The molecule has 1 aliphatic rings. The molecule has 4 rings (SSSR count). The Bertz CT molecular complexity index is 1140. The molecule has 160 valence electrons. The number of nitrogens with zero attached hydrogens (tertiary/aromatic N) is 3. The van der Waals surface area contributed by atoms with Gasteiger partial charge in [0.1, 0.15) is 5.82 Å². The van der Waals surface area contributed by atoms with E-state index in [4.69, 9.17) is 5.11 Å². The monoisotopic (exact) mass is 423 g/mol. The third kappa shape index (κ3) is 4.26. The zero-order chi connectivity index (χ0) is 22.0. The number of piperazine rings is 1. The van der Waals surface area contributed by atoms with Crippen molar-refractivity contribution in [2.45, 2.75) is 6.54 Å². The van der Waals surface area contributed by atoms with E-state index in [1.165, 1.54) is 18.2 Å². The molecule has 3 aromatic rings. The number of aliphatic hydroxyl groups excluding tert-OH is 1. The van der Waals surface area contributed by atoms with Crippen molar-refractivity contribution in [2.75, 3.05) is 32.8 Å². The largest absolute Gasteiger partial charge is 0.478 e. The Balaban J connectivity index is 1.83. The molecule has 31 heavy (non-hydrogen) atoms. The molecular formula is C23H22FN3O4. The van der Waals surface area contributed by atoms with Gasteiger partial charge in [-0.25, -0.2) is 14.2 Å². The van der Waals surface area contributed by atoms with Gasteiger partial charge >= 0.3 is 5.97 Å². The fourth-order valence-electron chi connectivity index (χ4n) is 3.98. The second-order valence-corrected chi connectivity index (χ2v) is 7.46. The first-order valence-corrected chi connectivity index (χ1v) is 9.99. The highest BCUT2D eigenvalue weighted by Gasteiger charge is 2.28. The van der Waals surface area contributed by atoms with Gasteiger partial charge in [-0.2, -0.15) is 0 Å². The number of carboxylic acids is 1. The molecule has 0 saturated carbocycles. The van der Waals surface area contributed by atoms with Crippen LogP contribution in [-0.4, -0.2) is 69.7 Å². The van der Waals surface area contributed by atoms with Crippen molar-refractivity contribution in [1.29, 1.82) is 0 Å². The highest BCUT2D eigenvalue weighted by atomic mass is 19.1. The number of carboxylic acid groups (broad SMARTS) is 1. The van der Waals surface area contributed by atoms with Crippen molar-refractivity contribution in [3.63, 3.8) is 0 Å². The van der Waals surface area contributed by atoms with Crippen molar-refractivity contribution in [3.8, 4) is 11.3 Å². The summed E-state index contributed by atoms with van der Waals surface area (Å²) >= 11 is 0. The number of aromatic carboxylic acids is 1. The molecule has 2 aromatic carbocycles. The summed E-state index contributed by atoms with van der Waals surface area (Å²) in [6.45, 7) is 1.43. The minimum absolute atomic E-state index is 0.00594. The lowest BCUT2D eigenvalue weighted by molar-refractivity contribution is -0.136. The van der Waals surface area contributed by atoms with E-state index in [0.717, 1.165) is 5.56 Å². The number of amides is 1. The summed E-state index contributed by atoms with van der Waals surface area (Å²) in [7, 11) is 0. The fourth-order valence-corrected chi connectivity index (χ4v) is 3.98. The van der Waals surface area contributed by atoms with Crippen molar-refractivity contribution in [3.05, 3.63) is 65.5 Å². The number of pyridine rings is 1. The molecule has 1 aliphatic heterocycles. The van der Waals surface area contributed by atoms with Gasteiger partial charge in [-0.3, -0.25) is 9.69 Å². The van der Waals surface area contributed by atoms with Gasteiger partial charge in [0.05, 0.1) is 29.9 Å². The van der Waals surface area contributed by atoms with Gasteiger partial charge in [-0.15, -0.1) is 0 Å². The van der Waals surface area contributed by atoms with Crippen LogP contribution in [0.2, 0.25) is 0 Å². The summed E-state index contributed by atoms with van der Waals surface area (Å²) < 4.78 is 14.0. The fraction of sp³-hybridized carbons (Fsp3) is 0.261. The van der Waals surface area contributed by atoms with Crippen LogP contribution in [0.4, 0.5) is 4.39 Å². The predicted molar refractivity (Wildman–Crippen MR) is 113 cm³/mol.